The van der Waals surface area contributed by atoms with E-state index in [0.29, 0.717) is 25.2 Å². The van der Waals surface area contributed by atoms with Crippen LogP contribution in [0, 0.1) is 0 Å². The third-order valence-electron chi connectivity index (χ3n) is 4.60. The first-order chi connectivity index (χ1) is 11.5. The van der Waals surface area contributed by atoms with Crippen LogP contribution in [0.1, 0.15) is 44.6 Å². The van der Waals surface area contributed by atoms with Crippen molar-refractivity contribution in [3.63, 3.8) is 0 Å². The summed E-state index contributed by atoms with van der Waals surface area (Å²) >= 11 is 0. The molecule has 0 radical (unpaired) electrons. The van der Waals surface area contributed by atoms with Crippen molar-refractivity contribution in [2.75, 3.05) is 31.1 Å². The number of anilines is 1. The van der Waals surface area contributed by atoms with E-state index in [1.54, 1.807) is 0 Å². The van der Waals surface area contributed by atoms with Crippen molar-refractivity contribution in [1.82, 2.24) is 4.90 Å². The van der Waals surface area contributed by atoms with Crippen molar-refractivity contribution in [3.8, 4) is 0 Å². The van der Waals surface area contributed by atoms with Gasteiger partial charge in [0.1, 0.15) is 0 Å². The molecule has 1 fully saturated rings. The van der Waals surface area contributed by atoms with Gasteiger partial charge in [-0.3, -0.25) is 9.59 Å². The number of allylic oxidation sites excluding steroid dienone is 1. The number of rotatable bonds is 7. The predicted molar refractivity (Wildman–Crippen MR) is 98.4 cm³/mol. The lowest BCUT2D eigenvalue weighted by molar-refractivity contribution is -0.131. The highest BCUT2D eigenvalue weighted by molar-refractivity contribution is 5.89. The topological polar surface area (TPSA) is 40.6 Å². The van der Waals surface area contributed by atoms with Crippen LogP contribution in [-0.2, 0) is 9.59 Å². The Morgan fingerprint density at radius 1 is 1.08 bits per heavy atom. The first-order valence-electron chi connectivity index (χ1n) is 8.79. The van der Waals surface area contributed by atoms with Gasteiger partial charge in [-0.2, -0.15) is 0 Å². The van der Waals surface area contributed by atoms with E-state index in [1.807, 2.05) is 4.90 Å². The number of hydrogen-bond donors (Lipinski definition) is 0. The number of amides is 1. The molecule has 1 saturated heterocycles. The fourth-order valence-corrected chi connectivity index (χ4v) is 2.96. The minimum absolute atomic E-state index is 0.0115. The molecule has 4 nitrogen and oxygen atoms in total. The third kappa shape index (κ3) is 4.95. The van der Waals surface area contributed by atoms with Gasteiger partial charge in [0, 0.05) is 44.7 Å². The van der Waals surface area contributed by atoms with Crippen molar-refractivity contribution in [2.45, 2.75) is 39.0 Å². The number of piperazine rings is 1. The number of carbonyl (C=O) groups is 2. The predicted octanol–water partition coefficient (Wildman–Crippen LogP) is 3.38. The molecule has 0 N–H and O–H groups in total. The summed E-state index contributed by atoms with van der Waals surface area (Å²) in [6.45, 7) is 11.1. The van der Waals surface area contributed by atoms with Crippen molar-refractivity contribution >= 4 is 17.4 Å². The lowest BCUT2D eigenvalue weighted by Crippen LogP contribution is -2.48. The van der Waals surface area contributed by atoms with Gasteiger partial charge >= 0.3 is 0 Å². The van der Waals surface area contributed by atoms with Crippen molar-refractivity contribution in [2.24, 2.45) is 0 Å². The standard InChI is InChI=1S/C20H28N2O2/c1-4-19(23)6-5-7-20(24)22-14-12-21(13-15-22)18-10-8-17(9-11-18)16(2)3/h4,8-11,16H,1,5-7,12-15H2,2-3H3. The van der Waals surface area contributed by atoms with E-state index in [4.69, 9.17) is 0 Å². The Bertz CT molecular complexity index is 570. The van der Waals surface area contributed by atoms with E-state index in [0.717, 1.165) is 26.2 Å². The molecule has 0 bridgehead atoms. The molecule has 1 aromatic rings. The fraction of sp³-hybridized carbons (Fsp3) is 0.500. The Morgan fingerprint density at radius 2 is 1.71 bits per heavy atom. The summed E-state index contributed by atoms with van der Waals surface area (Å²) in [5.74, 6) is 0.709. The van der Waals surface area contributed by atoms with Crippen molar-refractivity contribution in [1.29, 1.82) is 0 Å². The molecule has 2 rings (SSSR count). The molecular weight excluding hydrogens is 300 g/mol. The number of benzene rings is 1. The molecule has 0 aromatic heterocycles. The largest absolute Gasteiger partial charge is 0.368 e. The Hall–Kier alpha value is -2.10. The first kappa shape index (κ1) is 18.2. The van der Waals surface area contributed by atoms with E-state index in [9.17, 15) is 9.59 Å². The number of ketones is 1. The van der Waals surface area contributed by atoms with Gasteiger partial charge in [0.15, 0.2) is 5.78 Å². The summed E-state index contributed by atoms with van der Waals surface area (Å²) in [5, 5.41) is 0. The van der Waals surface area contributed by atoms with Crippen LogP contribution in [0.25, 0.3) is 0 Å². The van der Waals surface area contributed by atoms with Crippen molar-refractivity contribution < 1.29 is 9.59 Å². The second kappa shape index (κ2) is 8.67. The summed E-state index contributed by atoms with van der Waals surface area (Å²) in [6.07, 6.45) is 2.80. The zero-order valence-electron chi connectivity index (χ0n) is 14.8. The molecular formula is C20H28N2O2. The lowest BCUT2D eigenvalue weighted by atomic mass is 10.0. The molecule has 0 atom stereocenters. The average Bonchev–Trinajstić information content (AvgIpc) is 2.61. The molecule has 0 spiro atoms. The molecule has 0 aliphatic carbocycles. The number of hydrogen-bond acceptors (Lipinski definition) is 3. The summed E-state index contributed by atoms with van der Waals surface area (Å²) in [4.78, 5) is 27.6. The van der Waals surface area contributed by atoms with E-state index >= 15 is 0 Å². The Balaban J connectivity index is 1.79. The van der Waals surface area contributed by atoms with Crippen LogP contribution in [0.4, 0.5) is 5.69 Å². The normalized spacial score (nSPS) is 14.8. The highest BCUT2D eigenvalue weighted by atomic mass is 16.2. The van der Waals surface area contributed by atoms with E-state index in [2.05, 4.69) is 49.6 Å². The Kier molecular flexibility index (Phi) is 6.59. The summed E-state index contributed by atoms with van der Waals surface area (Å²) in [5.41, 5.74) is 2.57. The molecule has 1 aliphatic heterocycles. The van der Waals surface area contributed by atoms with Gasteiger partial charge in [-0.25, -0.2) is 0 Å². The van der Waals surface area contributed by atoms with Crippen LogP contribution in [-0.4, -0.2) is 42.8 Å². The second-order valence-electron chi connectivity index (χ2n) is 6.64. The maximum Gasteiger partial charge on any atom is 0.222 e. The van der Waals surface area contributed by atoms with Gasteiger partial charge in [-0.1, -0.05) is 32.6 Å². The number of carbonyl (C=O) groups excluding carboxylic acids is 2. The molecule has 1 heterocycles. The monoisotopic (exact) mass is 328 g/mol. The van der Waals surface area contributed by atoms with Crippen LogP contribution in [0.5, 0.6) is 0 Å². The van der Waals surface area contributed by atoms with Gasteiger partial charge in [0.05, 0.1) is 0 Å². The molecule has 24 heavy (non-hydrogen) atoms. The van der Waals surface area contributed by atoms with Crippen LogP contribution >= 0.6 is 0 Å². The fourth-order valence-electron chi connectivity index (χ4n) is 2.96. The van der Waals surface area contributed by atoms with Crippen LogP contribution in [0.15, 0.2) is 36.9 Å². The Morgan fingerprint density at radius 3 is 2.25 bits per heavy atom. The third-order valence-corrected chi connectivity index (χ3v) is 4.60. The quantitative estimate of drug-likeness (QED) is 0.721. The smallest absolute Gasteiger partial charge is 0.222 e. The molecule has 4 heteroatoms. The average molecular weight is 328 g/mol. The number of nitrogens with zero attached hydrogens (tertiary/aromatic N) is 2. The summed E-state index contributed by atoms with van der Waals surface area (Å²) in [6, 6.07) is 8.73. The van der Waals surface area contributed by atoms with Gasteiger partial charge in [-0.05, 0) is 36.1 Å². The zero-order valence-corrected chi connectivity index (χ0v) is 14.8. The van der Waals surface area contributed by atoms with Gasteiger partial charge in [0.25, 0.3) is 0 Å². The molecule has 1 aliphatic rings. The molecule has 130 valence electrons. The van der Waals surface area contributed by atoms with E-state index in [-0.39, 0.29) is 11.7 Å². The van der Waals surface area contributed by atoms with Crippen LogP contribution in [0.2, 0.25) is 0 Å². The lowest BCUT2D eigenvalue weighted by Gasteiger charge is -2.36. The molecule has 1 aromatic carbocycles. The molecule has 0 unspecified atom stereocenters. The van der Waals surface area contributed by atoms with Crippen LogP contribution < -0.4 is 4.90 Å². The molecule has 1 amide bonds. The summed E-state index contributed by atoms with van der Waals surface area (Å²) < 4.78 is 0. The van der Waals surface area contributed by atoms with Gasteiger partial charge in [0.2, 0.25) is 5.91 Å². The zero-order chi connectivity index (χ0) is 17.5. The molecule has 0 saturated carbocycles. The highest BCUT2D eigenvalue weighted by Crippen LogP contribution is 2.21. The minimum atomic E-state index is 0.0115. The van der Waals surface area contributed by atoms with Crippen molar-refractivity contribution in [3.05, 3.63) is 42.5 Å². The van der Waals surface area contributed by atoms with Gasteiger partial charge in [-0.15, -0.1) is 0 Å². The van der Waals surface area contributed by atoms with E-state index < -0.39 is 0 Å². The maximum atomic E-state index is 12.2. The summed E-state index contributed by atoms with van der Waals surface area (Å²) in [7, 11) is 0. The first-order valence-corrected chi connectivity index (χ1v) is 8.79. The van der Waals surface area contributed by atoms with Gasteiger partial charge < -0.3 is 9.80 Å². The highest BCUT2D eigenvalue weighted by Gasteiger charge is 2.21. The van der Waals surface area contributed by atoms with E-state index in [1.165, 1.54) is 17.3 Å². The minimum Gasteiger partial charge on any atom is -0.368 e. The second-order valence-corrected chi connectivity index (χ2v) is 6.64. The Labute approximate surface area is 145 Å². The van der Waals surface area contributed by atoms with Crippen LogP contribution in [0.3, 0.4) is 0 Å². The maximum absolute atomic E-state index is 12.2. The SMILES string of the molecule is C=CC(=O)CCCC(=O)N1CCN(c2ccc(C(C)C)cc2)CC1.